The maximum atomic E-state index is 13.0. The maximum Gasteiger partial charge on any atom is 0.289 e. The Kier molecular flexibility index (Phi) is 4.03. The number of piperazine rings is 1. The molecule has 2 fully saturated rings. The highest BCUT2D eigenvalue weighted by Crippen LogP contribution is 2.48. The van der Waals surface area contributed by atoms with E-state index in [1.165, 1.54) is 18.4 Å². The highest BCUT2D eigenvalue weighted by Gasteiger charge is 2.46. The zero-order valence-electron chi connectivity index (χ0n) is 13.7. The minimum Gasteiger partial charge on any atom is -0.459 e. The Balaban J connectivity index is 1.32. The van der Waals surface area contributed by atoms with E-state index in [1.807, 2.05) is 4.90 Å². The van der Waals surface area contributed by atoms with Gasteiger partial charge in [-0.3, -0.25) is 9.59 Å². The third-order valence-electron chi connectivity index (χ3n) is 5.02. The molecule has 4 rings (SSSR count). The van der Waals surface area contributed by atoms with Crippen molar-refractivity contribution in [3.63, 3.8) is 0 Å². The van der Waals surface area contributed by atoms with Crippen LogP contribution in [0.15, 0.2) is 47.1 Å². The van der Waals surface area contributed by atoms with Crippen LogP contribution in [0, 0.1) is 11.7 Å². The molecule has 2 atom stereocenters. The summed E-state index contributed by atoms with van der Waals surface area (Å²) >= 11 is 0. The van der Waals surface area contributed by atoms with Crippen LogP contribution in [-0.4, -0.2) is 47.8 Å². The van der Waals surface area contributed by atoms with E-state index < -0.39 is 0 Å². The normalized spacial score (nSPS) is 22.8. The third-order valence-corrected chi connectivity index (χ3v) is 5.02. The summed E-state index contributed by atoms with van der Waals surface area (Å²) in [6.07, 6.45) is 2.30. The molecule has 6 heteroatoms. The molecule has 2 amide bonds. The molecular formula is C19H19FN2O3. The van der Waals surface area contributed by atoms with E-state index in [0.717, 1.165) is 12.0 Å². The molecule has 1 aromatic heterocycles. The van der Waals surface area contributed by atoms with Crippen molar-refractivity contribution in [3.8, 4) is 0 Å². The first-order chi connectivity index (χ1) is 12.1. The molecule has 1 aromatic carbocycles. The Bertz CT molecular complexity index is 764. The molecule has 1 aliphatic carbocycles. The largest absolute Gasteiger partial charge is 0.459 e. The summed E-state index contributed by atoms with van der Waals surface area (Å²) in [5, 5.41) is 0. The number of nitrogens with zero attached hydrogens (tertiary/aromatic N) is 2. The molecule has 0 spiro atoms. The fourth-order valence-electron chi connectivity index (χ4n) is 3.47. The predicted molar refractivity (Wildman–Crippen MR) is 88.4 cm³/mol. The van der Waals surface area contributed by atoms with Crippen LogP contribution in [0.3, 0.4) is 0 Å². The molecule has 2 aromatic rings. The molecule has 1 aliphatic heterocycles. The number of amides is 2. The van der Waals surface area contributed by atoms with Crippen LogP contribution in [-0.2, 0) is 4.79 Å². The smallest absolute Gasteiger partial charge is 0.289 e. The van der Waals surface area contributed by atoms with Crippen molar-refractivity contribution in [2.45, 2.75) is 12.3 Å². The van der Waals surface area contributed by atoms with E-state index in [0.29, 0.717) is 31.9 Å². The van der Waals surface area contributed by atoms with Gasteiger partial charge in [0.15, 0.2) is 5.76 Å². The van der Waals surface area contributed by atoms with Crippen molar-refractivity contribution in [1.29, 1.82) is 0 Å². The molecule has 25 heavy (non-hydrogen) atoms. The number of benzene rings is 1. The zero-order chi connectivity index (χ0) is 17.4. The minimum absolute atomic E-state index is 0.0159. The zero-order valence-corrected chi connectivity index (χ0v) is 13.7. The van der Waals surface area contributed by atoms with E-state index in [4.69, 9.17) is 4.42 Å². The second kappa shape index (κ2) is 6.35. The summed E-state index contributed by atoms with van der Waals surface area (Å²) in [5.74, 6) is 0.253. The summed E-state index contributed by atoms with van der Waals surface area (Å²) in [6, 6.07) is 9.73. The van der Waals surface area contributed by atoms with Gasteiger partial charge in [0.25, 0.3) is 5.91 Å². The number of hydrogen-bond acceptors (Lipinski definition) is 3. The first kappa shape index (κ1) is 15.9. The van der Waals surface area contributed by atoms with Gasteiger partial charge in [0, 0.05) is 32.1 Å². The van der Waals surface area contributed by atoms with Gasteiger partial charge in [0.1, 0.15) is 5.82 Å². The Labute approximate surface area is 145 Å². The van der Waals surface area contributed by atoms with Crippen LogP contribution in [0.2, 0.25) is 0 Å². The SMILES string of the molecule is O=C(c1ccco1)N1CCN(C(=O)C2CC2c2ccc(F)cc2)CC1. The third kappa shape index (κ3) is 3.16. The van der Waals surface area contributed by atoms with Gasteiger partial charge in [-0.2, -0.15) is 0 Å². The molecule has 1 saturated heterocycles. The van der Waals surface area contributed by atoms with E-state index in [1.54, 1.807) is 29.2 Å². The standard InChI is InChI=1S/C19H19FN2O3/c20-14-5-3-13(4-6-14)15-12-16(15)18(23)21-7-9-22(10-8-21)19(24)17-2-1-11-25-17/h1-6,11,15-16H,7-10,12H2. The lowest BCUT2D eigenvalue weighted by molar-refractivity contribution is -0.134. The number of furan rings is 1. The fraction of sp³-hybridized carbons (Fsp3) is 0.368. The lowest BCUT2D eigenvalue weighted by Gasteiger charge is -2.34. The number of halogens is 1. The number of rotatable bonds is 3. The van der Waals surface area contributed by atoms with Crippen molar-refractivity contribution >= 4 is 11.8 Å². The summed E-state index contributed by atoms with van der Waals surface area (Å²) < 4.78 is 18.2. The number of carbonyl (C=O) groups is 2. The van der Waals surface area contributed by atoms with E-state index in [9.17, 15) is 14.0 Å². The average Bonchev–Trinajstić information content (AvgIpc) is 3.25. The van der Waals surface area contributed by atoms with Gasteiger partial charge in [0.05, 0.1) is 6.26 Å². The lowest BCUT2D eigenvalue weighted by atomic mass is 10.1. The van der Waals surface area contributed by atoms with Crippen LogP contribution in [0.4, 0.5) is 4.39 Å². The van der Waals surface area contributed by atoms with E-state index in [2.05, 4.69) is 0 Å². The molecule has 0 N–H and O–H groups in total. The molecule has 1 saturated carbocycles. The van der Waals surface area contributed by atoms with Crippen molar-refractivity contribution in [2.75, 3.05) is 26.2 Å². The fourth-order valence-corrected chi connectivity index (χ4v) is 3.47. The Morgan fingerprint density at radius 2 is 1.68 bits per heavy atom. The van der Waals surface area contributed by atoms with Crippen molar-refractivity contribution in [2.24, 2.45) is 5.92 Å². The Morgan fingerprint density at radius 3 is 2.32 bits per heavy atom. The first-order valence-electron chi connectivity index (χ1n) is 8.50. The van der Waals surface area contributed by atoms with Crippen molar-refractivity contribution in [3.05, 3.63) is 59.8 Å². The first-order valence-corrected chi connectivity index (χ1v) is 8.50. The highest BCUT2D eigenvalue weighted by molar-refractivity contribution is 5.91. The highest BCUT2D eigenvalue weighted by atomic mass is 19.1. The van der Waals surface area contributed by atoms with Crippen molar-refractivity contribution in [1.82, 2.24) is 9.80 Å². The predicted octanol–water partition coefficient (Wildman–Crippen LogP) is 2.51. The van der Waals surface area contributed by atoms with Gasteiger partial charge in [-0.05, 0) is 42.2 Å². The van der Waals surface area contributed by atoms with Gasteiger partial charge in [-0.1, -0.05) is 12.1 Å². The maximum absolute atomic E-state index is 13.0. The lowest BCUT2D eigenvalue weighted by Crippen LogP contribution is -2.51. The van der Waals surface area contributed by atoms with Gasteiger partial charge < -0.3 is 14.2 Å². The molecule has 2 unspecified atom stereocenters. The molecule has 0 bridgehead atoms. The van der Waals surface area contributed by atoms with Crippen LogP contribution in [0.25, 0.3) is 0 Å². The van der Waals surface area contributed by atoms with E-state index >= 15 is 0 Å². The summed E-state index contributed by atoms with van der Waals surface area (Å²) in [7, 11) is 0. The Morgan fingerprint density at radius 1 is 1.00 bits per heavy atom. The molecule has 5 nitrogen and oxygen atoms in total. The van der Waals surface area contributed by atoms with Gasteiger partial charge in [-0.25, -0.2) is 4.39 Å². The van der Waals surface area contributed by atoms with Crippen LogP contribution < -0.4 is 0 Å². The van der Waals surface area contributed by atoms with Gasteiger partial charge >= 0.3 is 0 Å². The van der Waals surface area contributed by atoms with Crippen LogP contribution in [0.1, 0.15) is 28.5 Å². The topological polar surface area (TPSA) is 53.8 Å². The molecular weight excluding hydrogens is 323 g/mol. The molecule has 2 aliphatic rings. The summed E-state index contributed by atoms with van der Waals surface area (Å²) in [5.41, 5.74) is 1.02. The number of hydrogen-bond donors (Lipinski definition) is 0. The van der Waals surface area contributed by atoms with Gasteiger partial charge in [0.2, 0.25) is 5.91 Å². The Hall–Kier alpha value is -2.63. The van der Waals surface area contributed by atoms with Crippen LogP contribution >= 0.6 is 0 Å². The number of carbonyl (C=O) groups excluding carboxylic acids is 2. The second-order valence-electron chi connectivity index (χ2n) is 6.60. The molecule has 0 radical (unpaired) electrons. The molecule has 130 valence electrons. The van der Waals surface area contributed by atoms with Crippen molar-refractivity contribution < 1.29 is 18.4 Å². The summed E-state index contributed by atoms with van der Waals surface area (Å²) in [4.78, 5) is 28.4. The monoisotopic (exact) mass is 342 g/mol. The average molecular weight is 342 g/mol. The van der Waals surface area contributed by atoms with Gasteiger partial charge in [-0.15, -0.1) is 0 Å². The second-order valence-corrected chi connectivity index (χ2v) is 6.60. The van der Waals surface area contributed by atoms with E-state index in [-0.39, 0.29) is 29.5 Å². The summed E-state index contributed by atoms with van der Waals surface area (Å²) in [6.45, 7) is 2.11. The van der Waals surface area contributed by atoms with Crippen LogP contribution in [0.5, 0.6) is 0 Å². The molecule has 2 heterocycles. The quantitative estimate of drug-likeness (QED) is 0.861. The minimum atomic E-state index is -0.260.